The van der Waals surface area contributed by atoms with E-state index in [-0.39, 0.29) is 11.7 Å². The summed E-state index contributed by atoms with van der Waals surface area (Å²) in [6, 6.07) is 1.71. The van der Waals surface area contributed by atoms with Crippen LogP contribution in [0, 0.1) is 0 Å². The fourth-order valence-corrected chi connectivity index (χ4v) is 6.78. The molecule has 7 nitrogen and oxygen atoms in total. The summed E-state index contributed by atoms with van der Waals surface area (Å²) in [5, 5.41) is 3.53. The molecule has 0 radical (unpaired) electrons. The zero-order chi connectivity index (χ0) is 22.7. The minimum atomic E-state index is -3.47. The first-order chi connectivity index (χ1) is 15.4. The molecule has 2 aliphatic heterocycles. The Labute approximate surface area is 190 Å². The predicted octanol–water partition coefficient (Wildman–Crippen LogP) is 4.17. The van der Waals surface area contributed by atoms with Crippen LogP contribution >= 0.6 is 0 Å². The van der Waals surface area contributed by atoms with E-state index in [2.05, 4.69) is 12.2 Å². The summed E-state index contributed by atoms with van der Waals surface area (Å²) in [5.74, 6) is -0.112. The molecular formula is C24H33N3O4S. The van der Waals surface area contributed by atoms with Gasteiger partial charge in [-0.05, 0) is 67.4 Å². The lowest BCUT2D eigenvalue weighted by Gasteiger charge is -2.34. The number of hydrogen-bond donors (Lipinski definition) is 2. The van der Waals surface area contributed by atoms with Crippen molar-refractivity contribution in [3.8, 4) is 0 Å². The maximum absolute atomic E-state index is 13.1. The van der Waals surface area contributed by atoms with Gasteiger partial charge >= 0.3 is 0 Å². The molecule has 0 unspecified atom stereocenters. The molecule has 8 heteroatoms. The number of allylic oxidation sites excluding steroid dienone is 1. The molecule has 3 N–H and O–H groups in total. The normalized spacial score (nSPS) is 20.7. The Kier molecular flexibility index (Phi) is 6.79. The quantitative estimate of drug-likeness (QED) is 0.637. The maximum Gasteiger partial charge on any atom is 0.249 e. The van der Waals surface area contributed by atoms with Crippen LogP contribution in [0.3, 0.4) is 0 Å². The van der Waals surface area contributed by atoms with E-state index in [0.717, 1.165) is 67.5 Å². The van der Waals surface area contributed by atoms with E-state index in [1.54, 1.807) is 12.3 Å². The number of nitrogens with two attached hydrogens (primary N) is 1. The van der Waals surface area contributed by atoms with Gasteiger partial charge in [-0.15, -0.1) is 0 Å². The summed E-state index contributed by atoms with van der Waals surface area (Å²) in [6.45, 7) is 2.95. The lowest BCUT2D eigenvalue weighted by atomic mass is 9.85. The standard InChI is InChI=1S/C24H33N3O4S/c1-2-7-19-20(24(25)28)16-21(27-12-5-6-15-32(27,29)30)23(22(19)17-8-3-4-9-17)26-18-10-13-31-14-11-18/h10-11,13,16-17,26H,2-9,12,14-15H2,1H3,(H2,25,28). The van der Waals surface area contributed by atoms with E-state index < -0.39 is 15.9 Å². The molecule has 4 rings (SSSR count). The number of carbonyl (C=O) groups is 1. The van der Waals surface area contributed by atoms with Crippen molar-refractivity contribution in [1.82, 2.24) is 0 Å². The van der Waals surface area contributed by atoms with Gasteiger partial charge in [-0.3, -0.25) is 9.10 Å². The molecule has 0 aromatic heterocycles. The summed E-state index contributed by atoms with van der Waals surface area (Å²) < 4.78 is 33.0. The molecule has 2 fully saturated rings. The van der Waals surface area contributed by atoms with Gasteiger partial charge in [0.15, 0.2) is 0 Å². The zero-order valence-electron chi connectivity index (χ0n) is 18.7. The number of hydrogen-bond acceptors (Lipinski definition) is 5. The molecule has 1 saturated carbocycles. The third kappa shape index (κ3) is 4.51. The van der Waals surface area contributed by atoms with Crippen LogP contribution in [0.5, 0.6) is 0 Å². The van der Waals surface area contributed by atoms with Gasteiger partial charge in [0, 0.05) is 17.8 Å². The number of anilines is 2. The van der Waals surface area contributed by atoms with Gasteiger partial charge in [0.2, 0.25) is 15.9 Å². The van der Waals surface area contributed by atoms with Gasteiger partial charge in [0.05, 0.1) is 23.4 Å². The second kappa shape index (κ2) is 9.57. The second-order valence-electron chi connectivity index (χ2n) is 8.82. The molecule has 0 atom stereocenters. The molecule has 1 aliphatic carbocycles. The highest BCUT2D eigenvalue weighted by atomic mass is 32.2. The highest BCUT2D eigenvalue weighted by Crippen LogP contribution is 2.47. The Hall–Kier alpha value is -2.48. The summed E-state index contributed by atoms with van der Waals surface area (Å²) in [5.41, 5.74) is 10.5. The number of ether oxygens (including phenoxy) is 1. The maximum atomic E-state index is 13.1. The Morgan fingerprint density at radius 1 is 1.25 bits per heavy atom. The van der Waals surface area contributed by atoms with Gasteiger partial charge in [-0.25, -0.2) is 8.42 Å². The van der Waals surface area contributed by atoms with Crippen molar-refractivity contribution in [2.24, 2.45) is 5.73 Å². The fraction of sp³-hybridized carbons (Fsp3) is 0.542. The van der Waals surface area contributed by atoms with Crippen LogP contribution in [0.4, 0.5) is 11.4 Å². The van der Waals surface area contributed by atoms with Crippen LogP contribution < -0.4 is 15.4 Å². The van der Waals surface area contributed by atoms with Crippen LogP contribution in [-0.4, -0.2) is 33.2 Å². The van der Waals surface area contributed by atoms with Crippen molar-refractivity contribution in [3.05, 3.63) is 46.9 Å². The van der Waals surface area contributed by atoms with Crippen LogP contribution in [0.1, 0.15) is 79.3 Å². The number of benzene rings is 1. The molecule has 0 spiro atoms. The molecule has 32 heavy (non-hydrogen) atoms. The van der Waals surface area contributed by atoms with Crippen molar-refractivity contribution in [2.75, 3.05) is 28.5 Å². The molecule has 3 aliphatic rings. The third-order valence-corrected chi connectivity index (χ3v) is 8.47. The number of rotatable bonds is 7. The first-order valence-electron chi connectivity index (χ1n) is 11.7. The fourth-order valence-electron chi connectivity index (χ4n) is 5.14. The SMILES string of the molecule is CCCc1c(C(N)=O)cc(N2CCCCS2(=O)=O)c(NC2=CCOC=C2)c1C1CCCC1. The van der Waals surface area contributed by atoms with E-state index >= 15 is 0 Å². The number of sulfonamides is 1. The van der Waals surface area contributed by atoms with Gasteiger partial charge in [-0.1, -0.05) is 26.2 Å². The number of carbonyl (C=O) groups excluding carboxylic acids is 1. The van der Waals surface area contributed by atoms with E-state index in [9.17, 15) is 13.2 Å². The van der Waals surface area contributed by atoms with Crippen molar-refractivity contribution < 1.29 is 17.9 Å². The molecule has 1 aromatic rings. The molecule has 0 bridgehead atoms. The van der Waals surface area contributed by atoms with E-state index in [0.29, 0.717) is 30.8 Å². The summed E-state index contributed by atoms with van der Waals surface area (Å²) in [4.78, 5) is 12.6. The summed E-state index contributed by atoms with van der Waals surface area (Å²) >= 11 is 0. The molecule has 1 aromatic carbocycles. The molecule has 1 saturated heterocycles. The average Bonchev–Trinajstić information content (AvgIpc) is 3.29. The summed E-state index contributed by atoms with van der Waals surface area (Å²) in [6.07, 6.45) is 12.8. The van der Waals surface area contributed by atoms with Crippen LogP contribution in [-0.2, 0) is 21.2 Å². The lowest BCUT2D eigenvalue weighted by Crippen LogP contribution is -2.39. The molecule has 2 heterocycles. The largest absolute Gasteiger partial charge is 0.497 e. The molecule has 1 amide bonds. The number of nitrogens with zero attached hydrogens (tertiary/aromatic N) is 1. The first-order valence-corrected chi connectivity index (χ1v) is 13.3. The van der Waals surface area contributed by atoms with Crippen LogP contribution in [0.25, 0.3) is 0 Å². The van der Waals surface area contributed by atoms with Crippen molar-refractivity contribution >= 4 is 27.3 Å². The van der Waals surface area contributed by atoms with Gasteiger partial charge in [0.25, 0.3) is 0 Å². The molecule has 174 valence electrons. The topological polar surface area (TPSA) is 102 Å². The number of amides is 1. The Bertz CT molecular complexity index is 1040. The van der Waals surface area contributed by atoms with Gasteiger partial charge in [0.1, 0.15) is 6.61 Å². The van der Waals surface area contributed by atoms with E-state index in [4.69, 9.17) is 10.5 Å². The van der Waals surface area contributed by atoms with Gasteiger partial charge < -0.3 is 15.8 Å². The van der Waals surface area contributed by atoms with Crippen LogP contribution in [0.2, 0.25) is 0 Å². The lowest BCUT2D eigenvalue weighted by molar-refractivity contribution is 0.0999. The Morgan fingerprint density at radius 2 is 2.03 bits per heavy atom. The minimum Gasteiger partial charge on any atom is -0.497 e. The van der Waals surface area contributed by atoms with Gasteiger partial charge in [-0.2, -0.15) is 0 Å². The molecular weight excluding hydrogens is 426 g/mol. The van der Waals surface area contributed by atoms with Crippen molar-refractivity contribution in [1.29, 1.82) is 0 Å². The van der Waals surface area contributed by atoms with E-state index in [1.807, 2.05) is 12.2 Å². The number of nitrogens with one attached hydrogen (secondary N) is 1. The number of primary amides is 1. The monoisotopic (exact) mass is 459 g/mol. The third-order valence-electron chi connectivity index (χ3n) is 6.62. The van der Waals surface area contributed by atoms with Crippen molar-refractivity contribution in [2.45, 2.75) is 64.2 Å². The Balaban J connectivity index is 1.98. The van der Waals surface area contributed by atoms with Crippen LogP contribution in [0.15, 0.2) is 30.2 Å². The second-order valence-corrected chi connectivity index (χ2v) is 10.8. The highest BCUT2D eigenvalue weighted by molar-refractivity contribution is 7.92. The highest BCUT2D eigenvalue weighted by Gasteiger charge is 2.34. The zero-order valence-corrected chi connectivity index (χ0v) is 19.5. The predicted molar refractivity (Wildman–Crippen MR) is 127 cm³/mol. The minimum absolute atomic E-state index is 0.115. The first kappa shape index (κ1) is 22.7. The smallest absolute Gasteiger partial charge is 0.249 e. The average molecular weight is 460 g/mol. The summed E-state index contributed by atoms with van der Waals surface area (Å²) in [7, 11) is -3.47. The Morgan fingerprint density at radius 3 is 2.66 bits per heavy atom. The van der Waals surface area contributed by atoms with Crippen molar-refractivity contribution in [3.63, 3.8) is 0 Å². The van der Waals surface area contributed by atoms with E-state index in [1.165, 1.54) is 4.31 Å².